The summed E-state index contributed by atoms with van der Waals surface area (Å²) >= 11 is 0. The topological polar surface area (TPSA) is 77.6 Å². The minimum absolute atomic E-state index is 0.0849. The van der Waals surface area contributed by atoms with Crippen LogP contribution >= 0.6 is 0 Å². The maximum Gasteiger partial charge on any atom is 0.293 e. The zero-order valence-electron chi connectivity index (χ0n) is 11.2. The van der Waals surface area contributed by atoms with Crippen LogP contribution in [0.1, 0.15) is 26.3 Å². The van der Waals surface area contributed by atoms with E-state index in [1.54, 1.807) is 27.8 Å². The van der Waals surface area contributed by atoms with Crippen molar-refractivity contribution in [1.82, 2.24) is 24.5 Å². The lowest BCUT2D eigenvalue weighted by molar-refractivity contribution is 0.564. The third-order valence-electron chi connectivity index (χ3n) is 2.75. The third-order valence-corrected chi connectivity index (χ3v) is 2.75. The van der Waals surface area contributed by atoms with Gasteiger partial charge in [0.2, 0.25) is 0 Å². The second-order valence-corrected chi connectivity index (χ2v) is 4.53. The first-order valence-electron chi connectivity index (χ1n) is 6.33. The van der Waals surface area contributed by atoms with Gasteiger partial charge in [0.05, 0.1) is 6.20 Å². The Bertz CT molecular complexity index is 560. The van der Waals surface area contributed by atoms with E-state index in [0.717, 1.165) is 13.0 Å². The summed E-state index contributed by atoms with van der Waals surface area (Å²) in [5.41, 5.74) is -0.0849. The molecule has 0 fully saturated rings. The molecule has 102 valence electrons. The van der Waals surface area contributed by atoms with E-state index >= 15 is 0 Å². The number of hydrogen-bond acceptors (Lipinski definition) is 5. The molecule has 2 rings (SSSR count). The van der Waals surface area contributed by atoms with Gasteiger partial charge in [0.15, 0.2) is 5.82 Å². The summed E-state index contributed by atoms with van der Waals surface area (Å²) in [5.74, 6) is 0.398. The molecule has 19 heavy (non-hydrogen) atoms. The van der Waals surface area contributed by atoms with Crippen LogP contribution in [-0.2, 0) is 6.54 Å². The molecule has 0 saturated carbocycles. The minimum atomic E-state index is -0.0849. The molecule has 2 aromatic rings. The summed E-state index contributed by atoms with van der Waals surface area (Å²) < 4.78 is 3.42. The van der Waals surface area contributed by atoms with Crippen LogP contribution in [0.15, 0.2) is 29.6 Å². The van der Waals surface area contributed by atoms with Crippen LogP contribution < -0.4 is 10.9 Å². The Morgan fingerprint density at radius 2 is 2.16 bits per heavy atom. The van der Waals surface area contributed by atoms with Gasteiger partial charge in [0, 0.05) is 37.7 Å². The molecule has 0 amide bonds. The van der Waals surface area contributed by atoms with Gasteiger partial charge in [-0.25, -0.2) is 4.98 Å². The highest BCUT2D eigenvalue weighted by atomic mass is 16.1. The quantitative estimate of drug-likeness (QED) is 0.783. The summed E-state index contributed by atoms with van der Waals surface area (Å²) in [4.78, 5) is 16.1. The fourth-order valence-electron chi connectivity index (χ4n) is 1.75. The van der Waals surface area contributed by atoms with E-state index in [9.17, 15) is 4.79 Å². The number of nitrogens with zero attached hydrogens (tertiary/aromatic N) is 5. The van der Waals surface area contributed by atoms with E-state index in [1.165, 1.54) is 0 Å². The Balaban J connectivity index is 1.89. The molecule has 7 nitrogen and oxygen atoms in total. The zero-order chi connectivity index (χ0) is 13.7. The second-order valence-electron chi connectivity index (χ2n) is 4.53. The Hall–Kier alpha value is -2.18. The average molecular weight is 262 g/mol. The van der Waals surface area contributed by atoms with Crippen molar-refractivity contribution in [2.24, 2.45) is 0 Å². The van der Waals surface area contributed by atoms with Crippen LogP contribution in [-0.4, -0.2) is 31.1 Å². The predicted molar refractivity (Wildman–Crippen MR) is 72.0 cm³/mol. The number of aryl methyl sites for hydroxylation is 1. The fraction of sp³-hybridized carbons (Fsp3) is 0.500. The van der Waals surface area contributed by atoms with E-state index in [2.05, 4.69) is 20.6 Å². The van der Waals surface area contributed by atoms with Crippen molar-refractivity contribution in [2.45, 2.75) is 32.9 Å². The molecule has 0 unspecified atom stereocenters. The monoisotopic (exact) mass is 262 g/mol. The van der Waals surface area contributed by atoms with Crippen molar-refractivity contribution in [2.75, 3.05) is 11.9 Å². The van der Waals surface area contributed by atoms with Crippen LogP contribution in [0.4, 0.5) is 5.82 Å². The highest BCUT2D eigenvalue weighted by molar-refractivity contribution is 5.30. The van der Waals surface area contributed by atoms with Gasteiger partial charge in [0.25, 0.3) is 5.56 Å². The smallest absolute Gasteiger partial charge is 0.293 e. The summed E-state index contributed by atoms with van der Waals surface area (Å²) in [6.07, 6.45) is 7.65. The second kappa shape index (κ2) is 6.12. The van der Waals surface area contributed by atoms with E-state index in [-0.39, 0.29) is 11.6 Å². The van der Waals surface area contributed by atoms with Crippen molar-refractivity contribution in [3.8, 4) is 0 Å². The predicted octanol–water partition coefficient (Wildman–Crippen LogP) is 0.918. The molecule has 2 heterocycles. The lowest BCUT2D eigenvalue weighted by Crippen LogP contribution is -2.26. The molecule has 0 aliphatic carbocycles. The molecule has 0 atom stereocenters. The normalized spacial score (nSPS) is 10.9. The molecule has 0 aliphatic heterocycles. The largest absolute Gasteiger partial charge is 0.365 e. The summed E-state index contributed by atoms with van der Waals surface area (Å²) in [7, 11) is 0. The molecule has 1 N–H and O–H groups in total. The SMILES string of the molecule is CC(C)n1ccnc(NCCCn2ccnn2)c1=O. The fourth-order valence-corrected chi connectivity index (χ4v) is 1.75. The maximum atomic E-state index is 12.0. The van der Waals surface area contributed by atoms with Gasteiger partial charge in [-0.05, 0) is 20.3 Å². The third kappa shape index (κ3) is 3.40. The molecular formula is C12H18N6O. The van der Waals surface area contributed by atoms with E-state index in [0.29, 0.717) is 12.4 Å². The molecule has 2 aromatic heterocycles. The molecule has 7 heteroatoms. The number of hydrogen-bond donors (Lipinski definition) is 1. The highest BCUT2D eigenvalue weighted by Gasteiger charge is 2.06. The van der Waals surface area contributed by atoms with Gasteiger partial charge in [-0.2, -0.15) is 0 Å². The molecule has 0 spiro atoms. The Morgan fingerprint density at radius 3 is 2.84 bits per heavy atom. The summed E-state index contributed by atoms with van der Waals surface area (Å²) in [6.45, 7) is 5.37. The van der Waals surface area contributed by atoms with Gasteiger partial charge >= 0.3 is 0 Å². The molecule has 0 bridgehead atoms. The van der Waals surface area contributed by atoms with Crippen LogP contribution in [0.2, 0.25) is 0 Å². The first-order chi connectivity index (χ1) is 9.18. The first kappa shape index (κ1) is 13.3. The zero-order valence-corrected chi connectivity index (χ0v) is 11.2. The van der Waals surface area contributed by atoms with E-state index < -0.39 is 0 Å². The number of anilines is 1. The minimum Gasteiger partial charge on any atom is -0.365 e. The molecule has 0 saturated heterocycles. The van der Waals surface area contributed by atoms with Gasteiger partial charge in [0.1, 0.15) is 0 Å². The van der Waals surface area contributed by atoms with Crippen LogP contribution in [0.3, 0.4) is 0 Å². The average Bonchev–Trinajstić information content (AvgIpc) is 2.89. The van der Waals surface area contributed by atoms with Gasteiger partial charge in [-0.3, -0.25) is 9.48 Å². The van der Waals surface area contributed by atoms with Gasteiger partial charge in [-0.1, -0.05) is 5.21 Å². The van der Waals surface area contributed by atoms with Crippen molar-refractivity contribution in [3.05, 3.63) is 35.1 Å². The van der Waals surface area contributed by atoms with Gasteiger partial charge < -0.3 is 9.88 Å². The lowest BCUT2D eigenvalue weighted by Gasteiger charge is -2.11. The summed E-state index contributed by atoms with van der Waals surface area (Å²) in [5, 5.41) is 10.7. The molecule has 0 radical (unpaired) electrons. The molecule has 0 aliphatic rings. The van der Waals surface area contributed by atoms with Crippen LogP contribution in [0.25, 0.3) is 0 Å². The number of rotatable bonds is 6. The Morgan fingerprint density at radius 1 is 1.32 bits per heavy atom. The van der Waals surface area contributed by atoms with Crippen LogP contribution in [0.5, 0.6) is 0 Å². The molecule has 0 aromatic carbocycles. The Kier molecular flexibility index (Phi) is 4.27. The maximum absolute atomic E-state index is 12.0. The van der Waals surface area contributed by atoms with Crippen molar-refractivity contribution >= 4 is 5.82 Å². The number of nitrogens with one attached hydrogen (secondary N) is 1. The Labute approximate surface area is 111 Å². The van der Waals surface area contributed by atoms with Crippen molar-refractivity contribution < 1.29 is 0 Å². The van der Waals surface area contributed by atoms with E-state index in [1.807, 2.05) is 20.0 Å². The molecular weight excluding hydrogens is 244 g/mol. The summed E-state index contributed by atoms with van der Waals surface area (Å²) in [6, 6.07) is 0.131. The lowest BCUT2D eigenvalue weighted by atomic mass is 10.4. The van der Waals surface area contributed by atoms with E-state index in [4.69, 9.17) is 0 Å². The van der Waals surface area contributed by atoms with Crippen LogP contribution in [0, 0.1) is 0 Å². The first-order valence-corrected chi connectivity index (χ1v) is 6.33. The number of aromatic nitrogens is 5. The highest BCUT2D eigenvalue weighted by Crippen LogP contribution is 2.01. The standard InChI is InChI=1S/C12H18N6O/c1-10(2)18-9-5-14-11(12(18)19)13-4-3-7-17-8-6-15-16-17/h5-6,8-10H,3-4,7H2,1-2H3,(H,13,14). The van der Waals surface area contributed by atoms with Crippen molar-refractivity contribution in [1.29, 1.82) is 0 Å². The van der Waals surface area contributed by atoms with Gasteiger partial charge in [-0.15, -0.1) is 5.10 Å². The van der Waals surface area contributed by atoms with Crippen molar-refractivity contribution in [3.63, 3.8) is 0 Å².